The van der Waals surface area contributed by atoms with E-state index in [1.165, 1.54) is 32.1 Å². The minimum Gasteiger partial charge on any atom is -0.493 e. The fourth-order valence-corrected chi connectivity index (χ4v) is 3.61. The first-order valence-corrected chi connectivity index (χ1v) is 8.91. The number of hydrogen-bond donors (Lipinski definition) is 1. The average molecular weight is 317 g/mol. The van der Waals surface area contributed by atoms with Gasteiger partial charge in [-0.05, 0) is 55.9 Å². The van der Waals surface area contributed by atoms with Gasteiger partial charge in [0.05, 0.1) is 13.0 Å². The standard InChI is InChI=1S/C19H27NO3/c20-16-8-9-18-15(12-16)10-14(13-22-18)11-19(21)23-17-6-4-2-1-3-5-7-17/h8-9,12,14,17H,1-7,10-11,13,20H2. The summed E-state index contributed by atoms with van der Waals surface area (Å²) in [6.45, 7) is 0.580. The molecule has 4 nitrogen and oxygen atoms in total. The summed E-state index contributed by atoms with van der Waals surface area (Å²) in [5.74, 6) is 1.01. The van der Waals surface area contributed by atoms with Crippen molar-refractivity contribution < 1.29 is 14.3 Å². The van der Waals surface area contributed by atoms with Gasteiger partial charge in [0.15, 0.2) is 0 Å². The Morgan fingerprint density at radius 2 is 1.91 bits per heavy atom. The normalized spacial score (nSPS) is 22.3. The molecule has 0 radical (unpaired) electrons. The minimum atomic E-state index is -0.0727. The van der Waals surface area contributed by atoms with Crippen LogP contribution >= 0.6 is 0 Å². The topological polar surface area (TPSA) is 61.6 Å². The number of fused-ring (bicyclic) bond motifs is 1. The number of ether oxygens (including phenoxy) is 2. The van der Waals surface area contributed by atoms with E-state index in [9.17, 15) is 4.79 Å². The molecule has 1 atom stereocenters. The molecular weight excluding hydrogens is 290 g/mol. The maximum Gasteiger partial charge on any atom is 0.306 e. The van der Waals surface area contributed by atoms with Gasteiger partial charge in [0.2, 0.25) is 0 Å². The average Bonchev–Trinajstić information content (AvgIpc) is 2.49. The van der Waals surface area contributed by atoms with Gasteiger partial charge in [0, 0.05) is 11.6 Å². The molecule has 1 unspecified atom stereocenters. The zero-order chi connectivity index (χ0) is 16.1. The molecule has 4 heteroatoms. The third-order valence-electron chi connectivity index (χ3n) is 4.87. The van der Waals surface area contributed by atoms with Gasteiger partial charge in [-0.25, -0.2) is 0 Å². The van der Waals surface area contributed by atoms with Crippen LogP contribution in [0.25, 0.3) is 0 Å². The molecule has 1 heterocycles. The van der Waals surface area contributed by atoms with Gasteiger partial charge in [-0.3, -0.25) is 4.79 Å². The van der Waals surface area contributed by atoms with Crippen molar-refractivity contribution >= 4 is 11.7 Å². The first-order chi connectivity index (χ1) is 11.2. The molecule has 0 spiro atoms. The number of benzene rings is 1. The van der Waals surface area contributed by atoms with Crippen molar-refractivity contribution in [2.45, 2.75) is 63.9 Å². The number of carbonyl (C=O) groups excluding carboxylic acids is 1. The third-order valence-corrected chi connectivity index (χ3v) is 4.87. The third kappa shape index (κ3) is 4.63. The van der Waals surface area contributed by atoms with Gasteiger partial charge >= 0.3 is 5.97 Å². The molecule has 1 aliphatic heterocycles. The van der Waals surface area contributed by atoms with Crippen molar-refractivity contribution in [3.63, 3.8) is 0 Å². The van der Waals surface area contributed by atoms with E-state index in [2.05, 4.69) is 0 Å². The predicted octanol–water partition coefficient (Wildman–Crippen LogP) is 3.87. The lowest BCUT2D eigenvalue weighted by Crippen LogP contribution is -2.26. The van der Waals surface area contributed by atoms with Crippen molar-refractivity contribution in [1.29, 1.82) is 0 Å². The molecule has 0 amide bonds. The highest BCUT2D eigenvalue weighted by Gasteiger charge is 2.24. The predicted molar refractivity (Wildman–Crippen MR) is 90.4 cm³/mol. The summed E-state index contributed by atoms with van der Waals surface area (Å²) in [7, 11) is 0. The number of anilines is 1. The van der Waals surface area contributed by atoms with Crippen LogP contribution in [0.5, 0.6) is 5.75 Å². The van der Waals surface area contributed by atoms with Crippen LogP contribution in [0, 0.1) is 5.92 Å². The fraction of sp³-hybridized carbons (Fsp3) is 0.632. The fourth-order valence-electron chi connectivity index (χ4n) is 3.61. The Kier molecular flexibility index (Phi) is 5.42. The number of hydrogen-bond acceptors (Lipinski definition) is 4. The number of rotatable bonds is 3. The van der Waals surface area contributed by atoms with E-state index >= 15 is 0 Å². The molecule has 1 saturated carbocycles. The summed E-state index contributed by atoms with van der Waals surface area (Å²) in [6.07, 6.45) is 9.64. The van der Waals surface area contributed by atoms with Crippen LogP contribution in [-0.2, 0) is 16.0 Å². The first kappa shape index (κ1) is 16.2. The molecule has 1 fully saturated rings. The van der Waals surface area contributed by atoms with E-state index in [1.54, 1.807) is 0 Å². The van der Waals surface area contributed by atoms with Gasteiger partial charge in [-0.15, -0.1) is 0 Å². The second-order valence-electron chi connectivity index (χ2n) is 6.91. The molecule has 3 rings (SSSR count). The second-order valence-corrected chi connectivity index (χ2v) is 6.91. The Morgan fingerprint density at radius 1 is 1.17 bits per heavy atom. The molecule has 0 bridgehead atoms. The lowest BCUT2D eigenvalue weighted by molar-refractivity contribution is -0.151. The van der Waals surface area contributed by atoms with Crippen LogP contribution in [-0.4, -0.2) is 18.7 Å². The Bertz CT molecular complexity index is 535. The van der Waals surface area contributed by atoms with Crippen LogP contribution in [0.1, 0.15) is 56.9 Å². The number of nitrogens with two attached hydrogens (primary N) is 1. The number of carbonyl (C=O) groups is 1. The SMILES string of the molecule is Nc1ccc2c(c1)CC(CC(=O)OC1CCCCCCC1)CO2. The van der Waals surface area contributed by atoms with E-state index < -0.39 is 0 Å². The minimum absolute atomic E-state index is 0.0727. The van der Waals surface area contributed by atoms with Crippen molar-refractivity contribution in [3.8, 4) is 5.75 Å². The molecular formula is C19H27NO3. The summed E-state index contributed by atoms with van der Waals surface area (Å²) in [5.41, 5.74) is 7.67. The summed E-state index contributed by atoms with van der Waals surface area (Å²) in [4.78, 5) is 12.3. The van der Waals surface area contributed by atoms with Gasteiger partial charge in [0.25, 0.3) is 0 Å². The van der Waals surface area contributed by atoms with Crippen LogP contribution in [0.3, 0.4) is 0 Å². The Hall–Kier alpha value is -1.71. The monoisotopic (exact) mass is 317 g/mol. The smallest absolute Gasteiger partial charge is 0.306 e. The highest BCUT2D eigenvalue weighted by molar-refractivity contribution is 5.70. The van der Waals surface area contributed by atoms with Gasteiger partial charge in [0.1, 0.15) is 11.9 Å². The highest BCUT2D eigenvalue weighted by atomic mass is 16.5. The van der Waals surface area contributed by atoms with Crippen LogP contribution in [0.4, 0.5) is 5.69 Å². The molecule has 1 aliphatic carbocycles. The van der Waals surface area contributed by atoms with Crippen LogP contribution < -0.4 is 10.5 Å². The van der Waals surface area contributed by atoms with E-state index in [1.807, 2.05) is 18.2 Å². The van der Waals surface area contributed by atoms with Crippen LogP contribution in [0.15, 0.2) is 18.2 Å². The van der Waals surface area contributed by atoms with Gasteiger partial charge in [-0.1, -0.05) is 19.3 Å². The van der Waals surface area contributed by atoms with E-state index in [4.69, 9.17) is 15.2 Å². The van der Waals surface area contributed by atoms with Gasteiger partial charge in [-0.2, -0.15) is 0 Å². The number of nitrogen functional groups attached to an aromatic ring is 1. The zero-order valence-electron chi connectivity index (χ0n) is 13.8. The van der Waals surface area contributed by atoms with E-state index in [0.29, 0.717) is 13.0 Å². The maximum absolute atomic E-state index is 12.3. The largest absolute Gasteiger partial charge is 0.493 e. The molecule has 1 aromatic rings. The maximum atomic E-state index is 12.3. The zero-order valence-corrected chi connectivity index (χ0v) is 13.8. The molecule has 0 saturated heterocycles. The Labute approximate surface area is 138 Å². The molecule has 0 aromatic heterocycles. The van der Waals surface area contributed by atoms with Gasteiger partial charge < -0.3 is 15.2 Å². The van der Waals surface area contributed by atoms with Crippen molar-refractivity contribution in [3.05, 3.63) is 23.8 Å². The Balaban J connectivity index is 1.50. The molecule has 23 heavy (non-hydrogen) atoms. The summed E-state index contributed by atoms with van der Waals surface area (Å²) in [5, 5.41) is 0. The summed E-state index contributed by atoms with van der Waals surface area (Å²) < 4.78 is 11.5. The number of esters is 1. The summed E-state index contributed by atoms with van der Waals surface area (Å²) in [6, 6.07) is 5.71. The van der Waals surface area contributed by atoms with E-state index in [0.717, 1.165) is 36.3 Å². The lowest BCUT2D eigenvalue weighted by atomic mass is 9.93. The highest BCUT2D eigenvalue weighted by Crippen LogP contribution is 2.30. The molecule has 2 aliphatic rings. The Morgan fingerprint density at radius 3 is 2.70 bits per heavy atom. The van der Waals surface area contributed by atoms with Crippen molar-refractivity contribution in [1.82, 2.24) is 0 Å². The van der Waals surface area contributed by atoms with E-state index in [-0.39, 0.29) is 18.0 Å². The van der Waals surface area contributed by atoms with Crippen LogP contribution in [0.2, 0.25) is 0 Å². The summed E-state index contributed by atoms with van der Waals surface area (Å²) >= 11 is 0. The molecule has 126 valence electrons. The molecule has 1 aromatic carbocycles. The lowest BCUT2D eigenvalue weighted by Gasteiger charge is -2.26. The molecule has 2 N–H and O–H groups in total. The van der Waals surface area contributed by atoms with Crippen molar-refractivity contribution in [2.24, 2.45) is 5.92 Å². The quantitative estimate of drug-likeness (QED) is 0.679. The second kappa shape index (κ2) is 7.71. The van der Waals surface area contributed by atoms with Crippen molar-refractivity contribution in [2.75, 3.05) is 12.3 Å². The first-order valence-electron chi connectivity index (χ1n) is 8.91.